The van der Waals surface area contributed by atoms with Crippen LogP contribution >= 0.6 is 15.9 Å². The lowest BCUT2D eigenvalue weighted by molar-refractivity contribution is -0.0715. The SMILES string of the molecule is C[C@]12CC[C@@H]3c4ccc(OCc5ccccc5)cc4CC[C@H]3[C@@H]1CC(CO)(CCCCCCCCCCCBr)C2O. The van der Waals surface area contributed by atoms with Crippen molar-refractivity contribution in [3.8, 4) is 5.75 Å². The van der Waals surface area contributed by atoms with Crippen LogP contribution in [0.5, 0.6) is 5.75 Å². The number of ether oxygens (including phenoxy) is 1. The molecule has 2 N–H and O–H groups in total. The van der Waals surface area contributed by atoms with E-state index in [2.05, 4.69) is 65.3 Å². The summed E-state index contributed by atoms with van der Waals surface area (Å²) in [5.74, 6) is 2.63. The molecule has 0 amide bonds. The van der Waals surface area contributed by atoms with Gasteiger partial charge in [-0.15, -0.1) is 0 Å². The molecule has 0 heterocycles. The van der Waals surface area contributed by atoms with E-state index < -0.39 is 6.10 Å². The Hall–Kier alpha value is -1.36. The summed E-state index contributed by atoms with van der Waals surface area (Å²) in [6, 6.07) is 17.2. The molecule has 0 aromatic heterocycles. The molecule has 0 radical (unpaired) electrons. The van der Waals surface area contributed by atoms with E-state index in [4.69, 9.17) is 4.74 Å². The van der Waals surface area contributed by atoms with Gasteiger partial charge in [-0.1, -0.05) is 111 Å². The van der Waals surface area contributed by atoms with E-state index >= 15 is 0 Å². The van der Waals surface area contributed by atoms with Gasteiger partial charge in [-0.25, -0.2) is 0 Å². The van der Waals surface area contributed by atoms with E-state index in [-0.39, 0.29) is 17.4 Å². The van der Waals surface area contributed by atoms with Crippen LogP contribution in [0.3, 0.4) is 0 Å². The largest absolute Gasteiger partial charge is 0.489 e. The van der Waals surface area contributed by atoms with Crippen LogP contribution in [0, 0.1) is 22.7 Å². The number of fused-ring (bicyclic) bond motifs is 5. The molecule has 2 aromatic rings. The highest BCUT2D eigenvalue weighted by atomic mass is 79.9. The number of rotatable bonds is 15. The Balaban J connectivity index is 1.17. The maximum absolute atomic E-state index is 11.8. The molecule has 5 rings (SSSR count). The van der Waals surface area contributed by atoms with Gasteiger partial charge in [0.15, 0.2) is 0 Å². The highest BCUT2D eigenvalue weighted by Gasteiger charge is 2.63. The van der Waals surface area contributed by atoms with E-state index in [1.807, 2.05) is 6.07 Å². The van der Waals surface area contributed by atoms with Gasteiger partial charge in [-0.2, -0.15) is 0 Å². The van der Waals surface area contributed by atoms with Crippen LogP contribution in [0.1, 0.15) is 119 Å². The number of aryl methyl sites for hydroxylation is 1. The maximum atomic E-state index is 11.8. The van der Waals surface area contributed by atoms with Crippen molar-refractivity contribution < 1.29 is 14.9 Å². The first kappa shape index (κ1) is 31.1. The third-order valence-corrected chi connectivity index (χ3v) is 11.9. The number of aliphatic hydroxyl groups excluding tert-OH is 2. The van der Waals surface area contributed by atoms with Gasteiger partial charge in [-0.3, -0.25) is 0 Å². The van der Waals surface area contributed by atoms with Gasteiger partial charge in [0.1, 0.15) is 12.4 Å². The first-order valence-corrected chi connectivity index (χ1v) is 17.8. The van der Waals surface area contributed by atoms with E-state index in [1.54, 1.807) is 0 Å². The Labute approximate surface area is 257 Å². The molecule has 3 aliphatic carbocycles. The van der Waals surface area contributed by atoms with E-state index in [0.717, 1.165) is 49.6 Å². The molecule has 2 aromatic carbocycles. The minimum atomic E-state index is -0.393. The molecule has 2 fully saturated rings. The number of aliphatic hydroxyl groups is 2. The number of halogens is 1. The standard InChI is InChI=1S/C37H53BrO3/c1-36-22-20-32-31-19-17-30(41-26-28-14-10-9-11-15-28)24-29(31)16-18-33(32)34(36)25-37(27-39,35(36)40)21-12-7-5-3-2-4-6-8-13-23-38/h9-11,14-15,17,19,24,32-35,39-40H,2-8,12-13,16,18,20-23,25-27H2,1H3/t32-,33-,34+,35?,36+,37?/m1/s1. The molecule has 3 nitrogen and oxygen atoms in total. The topological polar surface area (TPSA) is 49.7 Å². The molecule has 2 saturated carbocycles. The number of alkyl halides is 1. The van der Waals surface area contributed by atoms with Gasteiger partial charge < -0.3 is 14.9 Å². The summed E-state index contributed by atoms with van der Waals surface area (Å²) >= 11 is 3.52. The van der Waals surface area contributed by atoms with Crippen LogP contribution in [-0.2, 0) is 13.0 Å². The lowest BCUT2D eigenvalue weighted by atomic mass is 9.55. The number of benzene rings is 2. The van der Waals surface area contributed by atoms with Gasteiger partial charge in [0.05, 0.1) is 12.7 Å². The van der Waals surface area contributed by atoms with Crippen LogP contribution in [0.2, 0.25) is 0 Å². The summed E-state index contributed by atoms with van der Waals surface area (Å²) in [6.45, 7) is 3.08. The summed E-state index contributed by atoms with van der Waals surface area (Å²) in [6.07, 6.45) is 17.7. The average molecular weight is 626 g/mol. The third-order valence-electron chi connectivity index (χ3n) is 11.3. The first-order chi connectivity index (χ1) is 20.0. The van der Waals surface area contributed by atoms with Gasteiger partial charge in [0, 0.05) is 10.7 Å². The quantitative estimate of drug-likeness (QED) is 0.153. The third kappa shape index (κ3) is 6.91. The summed E-state index contributed by atoms with van der Waals surface area (Å²) in [5.41, 5.74) is 3.77. The Kier molecular flexibility index (Phi) is 10.9. The zero-order valence-electron chi connectivity index (χ0n) is 25.3. The fraction of sp³-hybridized carbons (Fsp3) is 0.676. The second-order valence-electron chi connectivity index (χ2n) is 13.8. The Morgan fingerprint density at radius 3 is 2.32 bits per heavy atom. The van der Waals surface area contributed by atoms with Crippen molar-refractivity contribution in [2.24, 2.45) is 22.7 Å². The van der Waals surface area contributed by atoms with E-state index in [1.165, 1.54) is 74.5 Å². The van der Waals surface area contributed by atoms with Crippen LogP contribution in [0.4, 0.5) is 0 Å². The second-order valence-corrected chi connectivity index (χ2v) is 14.6. The van der Waals surface area contributed by atoms with Crippen molar-refractivity contribution >= 4 is 15.9 Å². The van der Waals surface area contributed by atoms with E-state index in [0.29, 0.717) is 24.4 Å². The molecular weight excluding hydrogens is 572 g/mol. The molecular formula is C37H53BrO3. The lowest BCUT2D eigenvalue weighted by Crippen LogP contribution is -2.46. The Bertz CT molecular complexity index is 1090. The van der Waals surface area contributed by atoms with Crippen LogP contribution in [0.25, 0.3) is 0 Å². The van der Waals surface area contributed by atoms with Crippen molar-refractivity contribution in [3.63, 3.8) is 0 Å². The fourth-order valence-corrected chi connectivity index (χ4v) is 9.38. The van der Waals surface area contributed by atoms with Crippen molar-refractivity contribution in [1.82, 2.24) is 0 Å². The molecule has 0 aliphatic heterocycles. The maximum Gasteiger partial charge on any atom is 0.120 e. The van der Waals surface area contributed by atoms with Gasteiger partial charge in [0.2, 0.25) is 0 Å². The summed E-state index contributed by atoms with van der Waals surface area (Å²) in [4.78, 5) is 0. The van der Waals surface area contributed by atoms with Crippen LogP contribution in [0.15, 0.2) is 48.5 Å². The molecule has 41 heavy (non-hydrogen) atoms. The number of hydrogen-bond donors (Lipinski definition) is 2. The van der Waals surface area contributed by atoms with Crippen molar-refractivity contribution in [2.75, 3.05) is 11.9 Å². The second kappa shape index (κ2) is 14.4. The van der Waals surface area contributed by atoms with Crippen LogP contribution in [-0.4, -0.2) is 28.3 Å². The zero-order chi connectivity index (χ0) is 28.7. The van der Waals surface area contributed by atoms with Gasteiger partial charge >= 0.3 is 0 Å². The zero-order valence-corrected chi connectivity index (χ0v) is 26.9. The molecule has 6 atom stereocenters. The summed E-state index contributed by atoms with van der Waals surface area (Å²) < 4.78 is 6.16. The predicted molar refractivity (Wildman–Crippen MR) is 173 cm³/mol. The van der Waals surface area contributed by atoms with Crippen molar-refractivity contribution in [2.45, 2.75) is 122 Å². The summed E-state index contributed by atoms with van der Waals surface area (Å²) in [7, 11) is 0. The molecule has 0 bridgehead atoms. The predicted octanol–water partition coefficient (Wildman–Crippen LogP) is 9.37. The number of hydrogen-bond acceptors (Lipinski definition) is 3. The minimum absolute atomic E-state index is 0.0741. The highest BCUT2D eigenvalue weighted by molar-refractivity contribution is 9.09. The highest BCUT2D eigenvalue weighted by Crippen LogP contribution is 2.66. The van der Waals surface area contributed by atoms with Crippen LogP contribution < -0.4 is 4.74 Å². The molecule has 4 heteroatoms. The minimum Gasteiger partial charge on any atom is -0.489 e. The summed E-state index contributed by atoms with van der Waals surface area (Å²) in [5, 5.41) is 23.7. The molecule has 2 unspecified atom stereocenters. The van der Waals surface area contributed by atoms with Crippen molar-refractivity contribution in [3.05, 3.63) is 65.2 Å². The van der Waals surface area contributed by atoms with Crippen molar-refractivity contribution in [1.29, 1.82) is 0 Å². The van der Waals surface area contributed by atoms with Gasteiger partial charge in [-0.05, 0) is 96.9 Å². The fourth-order valence-electron chi connectivity index (χ4n) is 8.99. The lowest BCUT2D eigenvalue weighted by Gasteiger charge is -2.50. The normalized spacial score (nSPS) is 30.4. The molecule has 3 aliphatic rings. The average Bonchev–Trinajstić information content (AvgIpc) is 3.24. The molecule has 226 valence electrons. The van der Waals surface area contributed by atoms with E-state index in [9.17, 15) is 10.2 Å². The first-order valence-electron chi connectivity index (χ1n) is 16.7. The molecule has 0 saturated heterocycles. The number of unbranched alkanes of at least 4 members (excludes halogenated alkanes) is 8. The Morgan fingerprint density at radius 1 is 0.902 bits per heavy atom. The van der Waals surface area contributed by atoms with Gasteiger partial charge in [0.25, 0.3) is 0 Å². The smallest absolute Gasteiger partial charge is 0.120 e. The monoisotopic (exact) mass is 624 g/mol. The Morgan fingerprint density at radius 2 is 1.61 bits per heavy atom. The molecule has 0 spiro atoms.